The molecule has 1 N–H and O–H groups in total. The van der Waals surface area contributed by atoms with E-state index in [2.05, 4.69) is 0 Å². The second-order valence-corrected chi connectivity index (χ2v) is 5.65. The second-order valence-electron chi connectivity index (χ2n) is 3.61. The van der Waals surface area contributed by atoms with E-state index in [1.165, 1.54) is 11.4 Å². The molecule has 0 fully saturated rings. The molecule has 0 spiro atoms. The summed E-state index contributed by atoms with van der Waals surface area (Å²) < 4.78 is 30.1. The zero-order valence-corrected chi connectivity index (χ0v) is 11.2. The molecule has 0 rings (SSSR count). The molecule has 0 aliphatic heterocycles. The van der Waals surface area contributed by atoms with Gasteiger partial charge in [-0.25, -0.2) is 8.42 Å². The maximum absolute atomic E-state index is 12.0. The molecule has 16 heavy (non-hydrogen) atoms. The number of aliphatic hydroxyl groups is 1. The summed E-state index contributed by atoms with van der Waals surface area (Å²) in [4.78, 5) is 0. The lowest BCUT2D eigenvalue weighted by atomic mass is 10.2. The van der Waals surface area contributed by atoms with Gasteiger partial charge < -0.3 is 9.84 Å². The SMILES string of the molecule is CCC(CC)N(CCO)S(=O)(=O)CCOC. The largest absolute Gasteiger partial charge is 0.395 e. The van der Waals surface area contributed by atoms with Gasteiger partial charge in [-0.1, -0.05) is 13.8 Å². The molecule has 0 aliphatic carbocycles. The van der Waals surface area contributed by atoms with Gasteiger partial charge in [0.2, 0.25) is 10.0 Å². The Labute approximate surface area is 98.5 Å². The van der Waals surface area contributed by atoms with Crippen LogP contribution in [0.3, 0.4) is 0 Å². The van der Waals surface area contributed by atoms with Crippen LogP contribution in [0.2, 0.25) is 0 Å². The average Bonchev–Trinajstić information content (AvgIpc) is 2.27. The fraction of sp³-hybridized carbons (Fsp3) is 1.00. The first-order chi connectivity index (χ1) is 7.53. The lowest BCUT2D eigenvalue weighted by Crippen LogP contribution is -2.43. The topological polar surface area (TPSA) is 66.8 Å². The standard InChI is InChI=1S/C10H23NO4S/c1-4-10(5-2)11(6-7-12)16(13,14)9-8-15-3/h10,12H,4-9H2,1-3H3. The molecule has 0 saturated carbocycles. The molecule has 0 saturated heterocycles. The fourth-order valence-corrected chi connectivity index (χ4v) is 3.37. The monoisotopic (exact) mass is 253 g/mol. The van der Waals surface area contributed by atoms with Gasteiger partial charge in [-0.3, -0.25) is 0 Å². The Balaban J connectivity index is 4.73. The van der Waals surface area contributed by atoms with E-state index in [1.54, 1.807) is 0 Å². The minimum absolute atomic E-state index is 0.0278. The van der Waals surface area contributed by atoms with Crippen molar-refractivity contribution in [3.63, 3.8) is 0 Å². The summed E-state index contributed by atoms with van der Waals surface area (Å²) in [5, 5.41) is 8.93. The number of ether oxygens (including phenoxy) is 1. The third kappa shape index (κ3) is 4.78. The van der Waals surface area contributed by atoms with Crippen molar-refractivity contribution < 1.29 is 18.3 Å². The minimum Gasteiger partial charge on any atom is -0.395 e. The molecule has 5 nitrogen and oxygen atoms in total. The third-order valence-electron chi connectivity index (χ3n) is 2.57. The maximum Gasteiger partial charge on any atom is 0.216 e. The maximum atomic E-state index is 12.0. The van der Waals surface area contributed by atoms with Crippen LogP contribution in [0.15, 0.2) is 0 Å². The van der Waals surface area contributed by atoms with Crippen LogP contribution >= 0.6 is 0 Å². The van der Waals surface area contributed by atoms with Crippen LogP contribution in [0.25, 0.3) is 0 Å². The van der Waals surface area contributed by atoms with E-state index in [0.717, 1.165) is 12.8 Å². The predicted molar refractivity (Wildman–Crippen MR) is 63.8 cm³/mol. The molecular formula is C10H23NO4S. The summed E-state index contributed by atoms with van der Waals surface area (Å²) in [6.45, 7) is 4.10. The molecule has 6 heteroatoms. The summed E-state index contributed by atoms with van der Waals surface area (Å²) in [7, 11) is -1.85. The Bertz CT molecular complexity index is 262. The Hall–Kier alpha value is -0.170. The highest BCUT2D eigenvalue weighted by molar-refractivity contribution is 7.89. The molecule has 0 unspecified atom stereocenters. The molecule has 0 aromatic rings. The normalized spacial score (nSPS) is 12.6. The Morgan fingerprint density at radius 1 is 1.31 bits per heavy atom. The molecule has 0 aliphatic rings. The van der Waals surface area contributed by atoms with E-state index in [-0.39, 0.29) is 31.6 Å². The molecule has 0 heterocycles. The highest BCUT2D eigenvalue weighted by atomic mass is 32.2. The van der Waals surface area contributed by atoms with E-state index < -0.39 is 10.0 Å². The highest BCUT2D eigenvalue weighted by Crippen LogP contribution is 2.13. The number of hydrogen-bond donors (Lipinski definition) is 1. The summed E-state index contributed by atoms with van der Waals surface area (Å²) in [5.41, 5.74) is 0. The van der Waals surface area contributed by atoms with E-state index in [9.17, 15) is 8.42 Å². The number of aliphatic hydroxyl groups excluding tert-OH is 1. The summed E-state index contributed by atoms with van der Waals surface area (Å²) in [6, 6.07) is -0.0333. The van der Waals surface area contributed by atoms with Crippen LogP contribution in [0.4, 0.5) is 0 Å². The van der Waals surface area contributed by atoms with E-state index in [1.807, 2.05) is 13.8 Å². The fourth-order valence-electron chi connectivity index (χ4n) is 1.65. The van der Waals surface area contributed by atoms with Crippen LogP contribution in [-0.2, 0) is 14.8 Å². The Kier molecular flexibility index (Phi) is 7.91. The van der Waals surface area contributed by atoms with Crippen molar-refractivity contribution in [1.29, 1.82) is 0 Å². The van der Waals surface area contributed by atoms with Gasteiger partial charge in [0.25, 0.3) is 0 Å². The van der Waals surface area contributed by atoms with Crippen molar-refractivity contribution in [3.05, 3.63) is 0 Å². The van der Waals surface area contributed by atoms with Gasteiger partial charge in [0.05, 0.1) is 19.0 Å². The number of hydrogen-bond acceptors (Lipinski definition) is 4. The number of sulfonamides is 1. The first-order valence-electron chi connectivity index (χ1n) is 5.62. The molecule has 0 bridgehead atoms. The van der Waals surface area contributed by atoms with Gasteiger partial charge in [-0.15, -0.1) is 0 Å². The van der Waals surface area contributed by atoms with E-state index in [0.29, 0.717) is 0 Å². The quantitative estimate of drug-likeness (QED) is 0.648. The molecule has 0 radical (unpaired) electrons. The zero-order valence-electron chi connectivity index (χ0n) is 10.3. The summed E-state index contributed by atoms with van der Waals surface area (Å²) in [6.07, 6.45) is 1.51. The molecule has 0 aromatic carbocycles. The lowest BCUT2D eigenvalue weighted by molar-refractivity contribution is 0.204. The Morgan fingerprint density at radius 3 is 2.25 bits per heavy atom. The van der Waals surface area contributed by atoms with Gasteiger partial charge in [-0.05, 0) is 12.8 Å². The summed E-state index contributed by atoms with van der Waals surface area (Å²) in [5.74, 6) is -0.0278. The van der Waals surface area contributed by atoms with Crippen molar-refractivity contribution in [2.75, 3.05) is 32.6 Å². The number of methoxy groups -OCH3 is 1. The lowest BCUT2D eigenvalue weighted by Gasteiger charge is -2.28. The third-order valence-corrected chi connectivity index (χ3v) is 4.45. The van der Waals surface area contributed by atoms with Crippen molar-refractivity contribution in [3.8, 4) is 0 Å². The predicted octanol–water partition coefficient (Wildman–Crippen LogP) is 0.446. The average molecular weight is 253 g/mol. The van der Waals surface area contributed by atoms with Crippen molar-refractivity contribution in [2.24, 2.45) is 0 Å². The van der Waals surface area contributed by atoms with E-state index in [4.69, 9.17) is 9.84 Å². The van der Waals surface area contributed by atoms with Gasteiger partial charge in [-0.2, -0.15) is 4.31 Å². The molecular weight excluding hydrogens is 230 g/mol. The number of nitrogens with zero attached hydrogens (tertiary/aromatic N) is 1. The van der Waals surface area contributed by atoms with Gasteiger partial charge >= 0.3 is 0 Å². The van der Waals surface area contributed by atoms with Gasteiger partial charge in [0.1, 0.15) is 0 Å². The number of rotatable bonds is 9. The zero-order chi connectivity index (χ0) is 12.6. The highest BCUT2D eigenvalue weighted by Gasteiger charge is 2.26. The molecule has 98 valence electrons. The summed E-state index contributed by atoms with van der Waals surface area (Å²) >= 11 is 0. The first kappa shape index (κ1) is 15.8. The van der Waals surface area contributed by atoms with Crippen molar-refractivity contribution in [1.82, 2.24) is 4.31 Å². The smallest absolute Gasteiger partial charge is 0.216 e. The van der Waals surface area contributed by atoms with E-state index >= 15 is 0 Å². The van der Waals surface area contributed by atoms with Crippen LogP contribution in [0.1, 0.15) is 26.7 Å². The van der Waals surface area contributed by atoms with Crippen molar-refractivity contribution in [2.45, 2.75) is 32.7 Å². The minimum atomic E-state index is -3.32. The molecule has 0 aromatic heterocycles. The van der Waals surface area contributed by atoms with Crippen LogP contribution in [0, 0.1) is 0 Å². The molecule has 0 amide bonds. The van der Waals surface area contributed by atoms with Crippen LogP contribution < -0.4 is 0 Å². The first-order valence-corrected chi connectivity index (χ1v) is 7.23. The Morgan fingerprint density at radius 2 is 1.88 bits per heavy atom. The molecule has 0 atom stereocenters. The van der Waals surface area contributed by atoms with Crippen molar-refractivity contribution >= 4 is 10.0 Å². The second kappa shape index (κ2) is 8.00. The van der Waals surface area contributed by atoms with Gasteiger partial charge in [0, 0.05) is 19.7 Å². The van der Waals surface area contributed by atoms with Gasteiger partial charge in [0.15, 0.2) is 0 Å². The van der Waals surface area contributed by atoms with Crippen LogP contribution in [-0.4, -0.2) is 56.5 Å². The van der Waals surface area contributed by atoms with Crippen LogP contribution in [0.5, 0.6) is 0 Å².